The fourth-order valence-corrected chi connectivity index (χ4v) is 2.71. The van der Waals surface area contributed by atoms with Crippen molar-refractivity contribution in [2.24, 2.45) is 5.92 Å². The van der Waals surface area contributed by atoms with E-state index < -0.39 is 0 Å². The zero-order valence-electron chi connectivity index (χ0n) is 11.7. The van der Waals surface area contributed by atoms with Crippen molar-refractivity contribution in [3.05, 3.63) is 64.7 Å². The average molecular weight is 292 g/mol. The minimum atomic E-state index is -0.326. The topological polar surface area (TPSA) is 60.4 Å². The number of benzene rings is 2. The highest BCUT2D eigenvalue weighted by molar-refractivity contribution is 6.29. The summed E-state index contributed by atoms with van der Waals surface area (Å²) in [6.07, 6.45) is 1.65. The molecule has 2 aliphatic rings. The normalized spacial score (nSPS) is 16.0. The van der Waals surface area contributed by atoms with Gasteiger partial charge in [0.05, 0.1) is 11.5 Å². The molecule has 0 atom stereocenters. The molecule has 0 heterocycles. The molecule has 22 heavy (non-hydrogen) atoms. The molecule has 0 N–H and O–H groups in total. The first-order chi connectivity index (χ1) is 10.7. The van der Waals surface area contributed by atoms with Gasteiger partial charge in [-0.05, 0) is 18.9 Å². The van der Waals surface area contributed by atoms with Crippen LogP contribution in [0.3, 0.4) is 0 Å². The Morgan fingerprint density at radius 3 is 2.18 bits per heavy atom. The molecule has 2 aromatic rings. The Morgan fingerprint density at radius 2 is 1.50 bits per heavy atom. The van der Waals surface area contributed by atoms with Gasteiger partial charge in [0.2, 0.25) is 0 Å². The number of carbonyl (C=O) groups excluding carboxylic acids is 3. The Balaban J connectivity index is 1.84. The quantitative estimate of drug-likeness (QED) is 0.538. The molecular formula is C18H12O4. The smallest absolute Gasteiger partial charge is 0.314 e. The van der Waals surface area contributed by atoms with Crippen molar-refractivity contribution in [1.82, 2.24) is 0 Å². The molecule has 2 aromatic carbocycles. The van der Waals surface area contributed by atoms with Gasteiger partial charge < -0.3 is 4.74 Å². The summed E-state index contributed by atoms with van der Waals surface area (Å²) in [5, 5.41) is 0. The molecule has 1 fully saturated rings. The molecule has 0 aromatic heterocycles. The predicted molar refractivity (Wildman–Crippen MR) is 78.1 cm³/mol. The van der Waals surface area contributed by atoms with E-state index in [1.54, 1.807) is 42.5 Å². The second-order valence-electron chi connectivity index (χ2n) is 5.58. The minimum Gasteiger partial charge on any atom is -0.426 e. The summed E-state index contributed by atoms with van der Waals surface area (Å²) in [5.74, 6) is -0.703. The van der Waals surface area contributed by atoms with E-state index >= 15 is 0 Å². The monoisotopic (exact) mass is 292 g/mol. The van der Waals surface area contributed by atoms with E-state index in [0.717, 1.165) is 12.8 Å². The molecule has 4 rings (SSSR count). The zero-order chi connectivity index (χ0) is 15.3. The molecule has 0 saturated heterocycles. The van der Waals surface area contributed by atoms with Gasteiger partial charge in [0, 0.05) is 16.7 Å². The Morgan fingerprint density at radius 1 is 0.864 bits per heavy atom. The standard InChI is InChI=1S/C18H12O4/c19-16-11-4-1-2-5-12(11)17(20)15-13(16)6-3-7-14(15)22-18(21)10-8-9-10/h1-7,10H,8-9H2. The van der Waals surface area contributed by atoms with Crippen LogP contribution >= 0.6 is 0 Å². The molecule has 4 heteroatoms. The first-order valence-corrected chi connectivity index (χ1v) is 7.20. The second-order valence-corrected chi connectivity index (χ2v) is 5.58. The van der Waals surface area contributed by atoms with E-state index in [1.165, 1.54) is 0 Å². The molecule has 1 saturated carbocycles. The second kappa shape index (κ2) is 4.63. The summed E-state index contributed by atoms with van der Waals surface area (Å²) in [5.41, 5.74) is 1.24. The summed E-state index contributed by atoms with van der Waals surface area (Å²) in [4.78, 5) is 37.1. The lowest BCUT2D eigenvalue weighted by molar-refractivity contribution is -0.135. The van der Waals surface area contributed by atoms with Crippen molar-refractivity contribution in [2.45, 2.75) is 12.8 Å². The van der Waals surface area contributed by atoms with Crippen molar-refractivity contribution in [2.75, 3.05) is 0 Å². The molecule has 2 aliphatic carbocycles. The summed E-state index contributed by atoms with van der Waals surface area (Å²) >= 11 is 0. The molecule has 0 unspecified atom stereocenters. The van der Waals surface area contributed by atoms with Gasteiger partial charge in [-0.1, -0.05) is 36.4 Å². The van der Waals surface area contributed by atoms with Crippen LogP contribution < -0.4 is 4.74 Å². The maximum absolute atomic E-state index is 12.7. The van der Waals surface area contributed by atoms with E-state index in [2.05, 4.69) is 0 Å². The number of carbonyl (C=O) groups is 3. The maximum Gasteiger partial charge on any atom is 0.314 e. The minimum absolute atomic E-state index is 0.0717. The van der Waals surface area contributed by atoms with E-state index in [9.17, 15) is 14.4 Å². The summed E-state index contributed by atoms with van der Waals surface area (Å²) in [7, 11) is 0. The van der Waals surface area contributed by atoms with E-state index in [4.69, 9.17) is 4.74 Å². The summed E-state index contributed by atoms with van der Waals surface area (Å²) in [6, 6.07) is 11.5. The van der Waals surface area contributed by atoms with Gasteiger partial charge in [-0.15, -0.1) is 0 Å². The fraction of sp³-hybridized carbons (Fsp3) is 0.167. The first kappa shape index (κ1) is 13.0. The first-order valence-electron chi connectivity index (χ1n) is 7.20. The van der Waals surface area contributed by atoms with E-state index in [-0.39, 0.29) is 34.8 Å². The highest BCUT2D eigenvalue weighted by atomic mass is 16.5. The van der Waals surface area contributed by atoms with Crippen LogP contribution in [-0.2, 0) is 4.79 Å². The number of fused-ring (bicyclic) bond motifs is 2. The van der Waals surface area contributed by atoms with Gasteiger partial charge in [-0.3, -0.25) is 14.4 Å². The van der Waals surface area contributed by atoms with Crippen molar-refractivity contribution in [3.63, 3.8) is 0 Å². The van der Waals surface area contributed by atoms with Crippen molar-refractivity contribution < 1.29 is 19.1 Å². The van der Waals surface area contributed by atoms with Gasteiger partial charge in [0.15, 0.2) is 11.6 Å². The van der Waals surface area contributed by atoms with Crippen LogP contribution in [0.4, 0.5) is 0 Å². The number of hydrogen-bond acceptors (Lipinski definition) is 4. The molecule has 0 bridgehead atoms. The van der Waals surface area contributed by atoms with Crippen LogP contribution in [0.2, 0.25) is 0 Å². The molecular weight excluding hydrogens is 280 g/mol. The van der Waals surface area contributed by atoms with Crippen molar-refractivity contribution >= 4 is 17.5 Å². The Bertz CT molecular complexity index is 831. The largest absolute Gasteiger partial charge is 0.426 e. The highest BCUT2D eigenvalue weighted by Crippen LogP contribution is 2.35. The van der Waals surface area contributed by atoms with Gasteiger partial charge in [0.1, 0.15) is 5.75 Å². The third-order valence-electron chi connectivity index (χ3n) is 4.04. The molecule has 4 nitrogen and oxygen atoms in total. The van der Waals surface area contributed by atoms with Gasteiger partial charge in [-0.2, -0.15) is 0 Å². The SMILES string of the molecule is O=C1c2ccccc2C(=O)c2c(OC(=O)C3CC3)cccc21. The lowest BCUT2D eigenvalue weighted by Crippen LogP contribution is -2.23. The molecule has 108 valence electrons. The van der Waals surface area contributed by atoms with Crippen LogP contribution in [0, 0.1) is 5.92 Å². The molecule has 0 aliphatic heterocycles. The van der Waals surface area contributed by atoms with Crippen molar-refractivity contribution in [1.29, 1.82) is 0 Å². The number of esters is 1. The lowest BCUT2D eigenvalue weighted by atomic mass is 9.83. The maximum atomic E-state index is 12.7. The van der Waals surface area contributed by atoms with Crippen LogP contribution in [0.25, 0.3) is 0 Å². The number of ketones is 2. The van der Waals surface area contributed by atoms with Crippen LogP contribution in [-0.4, -0.2) is 17.5 Å². The van der Waals surface area contributed by atoms with Gasteiger partial charge in [-0.25, -0.2) is 0 Å². The summed E-state index contributed by atoms with van der Waals surface area (Å²) < 4.78 is 5.36. The molecule has 0 spiro atoms. The molecule has 0 radical (unpaired) electrons. The van der Waals surface area contributed by atoms with Gasteiger partial charge >= 0.3 is 5.97 Å². The van der Waals surface area contributed by atoms with Crippen LogP contribution in [0.15, 0.2) is 42.5 Å². The van der Waals surface area contributed by atoms with E-state index in [1.807, 2.05) is 0 Å². The van der Waals surface area contributed by atoms with E-state index in [0.29, 0.717) is 16.7 Å². The van der Waals surface area contributed by atoms with Crippen molar-refractivity contribution in [3.8, 4) is 5.75 Å². The Labute approximate surface area is 126 Å². The predicted octanol–water partition coefficient (Wildman–Crippen LogP) is 2.78. The third-order valence-corrected chi connectivity index (χ3v) is 4.04. The Kier molecular flexibility index (Phi) is 2.73. The van der Waals surface area contributed by atoms with Crippen LogP contribution in [0.1, 0.15) is 44.7 Å². The average Bonchev–Trinajstić information content (AvgIpc) is 3.37. The zero-order valence-corrected chi connectivity index (χ0v) is 11.7. The third kappa shape index (κ3) is 1.88. The molecule has 0 amide bonds. The van der Waals surface area contributed by atoms with Gasteiger partial charge in [0.25, 0.3) is 0 Å². The highest BCUT2D eigenvalue weighted by Gasteiger charge is 2.35. The number of ether oxygens (including phenoxy) is 1. The summed E-state index contributed by atoms with van der Waals surface area (Å²) in [6.45, 7) is 0. The van der Waals surface area contributed by atoms with Crippen LogP contribution in [0.5, 0.6) is 5.75 Å². The Hall–Kier alpha value is -2.75. The number of rotatable bonds is 2. The number of hydrogen-bond donors (Lipinski definition) is 0. The fourth-order valence-electron chi connectivity index (χ4n) is 2.71. The lowest BCUT2D eigenvalue weighted by Gasteiger charge is -2.19.